The molecule has 1 aliphatic carbocycles. The fraction of sp³-hybridized carbons (Fsp3) is 0.750. The molecular formula is C16H26O4. The van der Waals surface area contributed by atoms with E-state index in [2.05, 4.69) is 0 Å². The van der Waals surface area contributed by atoms with E-state index in [-0.39, 0.29) is 17.9 Å². The Balaban J connectivity index is 2.83. The van der Waals surface area contributed by atoms with Gasteiger partial charge in [0.1, 0.15) is 0 Å². The molecule has 4 heteroatoms. The predicted octanol–water partition coefficient (Wildman–Crippen LogP) is 3.11. The van der Waals surface area contributed by atoms with E-state index in [0.717, 1.165) is 18.4 Å². The maximum atomic E-state index is 12.2. The molecule has 114 valence electrons. The first-order valence-corrected chi connectivity index (χ1v) is 7.52. The van der Waals surface area contributed by atoms with Gasteiger partial charge in [-0.15, -0.1) is 0 Å². The SMILES string of the molecule is CCCOC(=O)C1CC=C(C)C(C)C1C(=O)OCCC. The minimum atomic E-state index is -0.420. The number of allylic oxidation sites excluding steroid dienone is 2. The highest BCUT2D eigenvalue weighted by molar-refractivity contribution is 5.83. The lowest BCUT2D eigenvalue weighted by molar-refractivity contribution is -0.163. The number of ether oxygens (including phenoxy) is 2. The zero-order chi connectivity index (χ0) is 15.1. The second-order valence-corrected chi connectivity index (χ2v) is 5.44. The van der Waals surface area contributed by atoms with E-state index in [4.69, 9.17) is 9.47 Å². The van der Waals surface area contributed by atoms with E-state index in [1.807, 2.05) is 33.8 Å². The average Bonchev–Trinajstić information content (AvgIpc) is 2.44. The lowest BCUT2D eigenvalue weighted by Gasteiger charge is -2.32. The van der Waals surface area contributed by atoms with Crippen LogP contribution in [-0.2, 0) is 19.1 Å². The quantitative estimate of drug-likeness (QED) is 0.555. The molecule has 4 nitrogen and oxygen atoms in total. The third kappa shape index (κ3) is 4.09. The van der Waals surface area contributed by atoms with Gasteiger partial charge in [0, 0.05) is 0 Å². The van der Waals surface area contributed by atoms with Crippen molar-refractivity contribution in [3.63, 3.8) is 0 Å². The summed E-state index contributed by atoms with van der Waals surface area (Å²) in [4.78, 5) is 24.4. The normalized spacial score (nSPS) is 25.8. The smallest absolute Gasteiger partial charge is 0.310 e. The predicted molar refractivity (Wildman–Crippen MR) is 77.0 cm³/mol. The molecule has 3 unspecified atom stereocenters. The number of rotatable bonds is 6. The van der Waals surface area contributed by atoms with Gasteiger partial charge in [-0.25, -0.2) is 0 Å². The standard InChI is InChI=1S/C16H26O4/c1-5-9-19-15(17)13-8-7-11(3)12(4)14(13)16(18)20-10-6-2/h7,12-14H,5-6,8-10H2,1-4H3. The van der Waals surface area contributed by atoms with Crippen LogP contribution in [0.4, 0.5) is 0 Å². The summed E-state index contributed by atoms with van der Waals surface area (Å²) in [6.45, 7) is 8.69. The van der Waals surface area contributed by atoms with Gasteiger partial charge in [-0.2, -0.15) is 0 Å². The van der Waals surface area contributed by atoms with Gasteiger partial charge in [0.2, 0.25) is 0 Å². The Kier molecular flexibility index (Phi) is 6.76. The first kappa shape index (κ1) is 16.7. The lowest BCUT2D eigenvalue weighted by atomic mass is 9.73. The van der Waals surface area contributed by atoms with Crippen LogP contribution < -0.4 is 0 Å². The molecule has 0 fully saturated rings. The molecule has 20 heavy (non-hydrogen) atoms. The van der Waals surface area contributed by atoms with Crippen molar-refractivity contribution in [2.75, 3.05) is 13.2 Å². The highest BCUT2D eigenvalue weighted by Crippen LogP contribution is 2.36. The zero-order valence-corrected chi connectivity index (χ0v) is 13.0. The van der Waals surface area contributed by atoms with Crippen LogP contribution in [0.1, 0.15) is 47.0 Å². The van der Waals surface area contributed by atoms with Gasteiger partial charge >= 0.3 is 11.9 Å². The molecule has 0 aliphatic heterocycles. The Labute approximate surface area is 121 Å². The third-order valence-electron chi connectivity index (χ3n) is 3.86. The van der Waals surface area contributed by atoms with Gasteiger partial charge in [-0.3, -0.25) is 9.59 Å². The van der Waals surface area contributed by atoms with Crippen LogP contribution in [-0.4, -0.2) is 25.2 Å². The topological polar surface area (TPSA) is 52.6 Å². The third-order valence-corrected chi connectivity index (χ3v) is 3.86. The number of carbonyl (C=O) groups is 2. The summed E-state index contributed by atoms with van der Waals surface area (Å²) in [7, 11) is 0. The molecule has 0 amide bonds. The Morgan fingerprint density at radius 1 is 1.15 bits per heavy atom. The summed E-state index contributed by atoms with van der Waals surface area (Å²) < 4.78 is 10.5. The van der Waals surface area contributed by atoms with Crippen LogP contribution >= 0.6 is 0 Å². The minimum absolute atomic E-state index is 0.0206. The van der Waals surface area contributed by atoms with Crippen molar-refractivity contribution >= 4 is 11.9 Å². The van der Waals surface area contributed by atoms with Crippen LogP contribution in [0.3, 0.4) is 0 Å². The molecule has 0 spiro atoms. The van der Waals surface area contributed by atoms with Crippen LogP contribution in [0, 0.1) is 17.8 Å². The van der Waals surface area contributed by atoms with Crippen LogP contribution in [0.15, 0.2) is 11.6 Å². The first-order valence-electron chi connectivity index (χ1n) is 7.52. The highest BCUT2D eigenvalue weighted by atomic mass is 16.5. The van der Waals surface area contributed by atoms with Gasteiger partial charge in [-0.1, -0.05) is 32.4 Å². The summed E-state index contributed by atoms with van der Waals surface area (Å²) in [6, 6.07) is 0. The molecule has 0 saturated heterocycles. The minimum Gasteiger partial charge on any atom is -0.465 e. The molecule has 0 radical (unpaired) electrons. The maximum Gasteiger partial charge on any atom is 0.310 e. The fourth-order valence-corrected chi connectivity index (χ4v) is 2.50. The number of carbonyl (C=O) groups excluding carboxylic acids is 2. The molecule has 0 heterocycles. The number of hydrogen-bond donors (Lipinski definition) is 0. The van der Waals surface area contributed by atoms with Crippen molar-refractivity contribution in [2.45, 2.75) is 47.0 Å². The monoisotopic (exact) mass is 282 g/mol. The fourth-order valence-electron chi connectivity index (χ4n) is 2.50. The summed E-state index contributed by atoms with van der Waals surface area (Å²) in [5.74, 6) is -1.36. The number of hydrogen-bond acceptors (Lipinski definition) is 4. The molecule has 1 aliphatic rings. The van der Waals surface area contributed by atoms with Gasteiger partial charge in [-0.05, 0) is 32.1 Å². The average molecular weight is 282 g/mol. The van der Waals surface area contributed by atoms with Gasteiger partial charge < -0.3 is 9.47 Å². The molecule has 3 atom stereocenters. The molecule has 1 rings (SSSR count). The Bertz CT molecular complexity index is 373. The molecular weight excluding hydrogens is 256 g/mol. The Hall–Kier alpha value is -1.32. The second-order valence-electron chi connectivity index (χ2n) is 5.44. The van der Waals surface area contributed by atoms with Crippen molar-refractivity contribution in [1.82, 2.24) is 0 Å². The number of esters is 2. The van der Waals surface area contributed by atoms with Crippen molar-refractivity contribution in [1.29, 1.82) is 0 Å². The molecule has 0 aromatic heterocycles. The molecule has 0 N–H and O–H groups in total. The van der Waals surface area contributed by atoms with Crippen LogP contribution in [0.2, 0.25) is 0 Å². The summed E-state index contributed by atoms with van der Waals surface area (Å²) in [6.07, 6.45) is 4.16. The molecule has 0 saturated carbocycles. The van der Waals surface area contributed by atoms with Crippen molar-refractivity contribution in [3.05, 3.63) is 11.6 Å². The van der Waals surface area contributed by atoms with Crippen LogP contribution in [0.5, 0.6) is 0 Å². The van der Waals surface area contributed by atoms with E-state index in [0.29, 0.717) is 19.6 Å². The van der Waals surface area contributed by atoms with Gasteiger partial charge in [0.05, 0.1) is 25.0 Å². The van der Waals surface area contributed by atoms with E-state index in [1.165, 1.54) is 0 Å². The second kappa shape index (κ2) is 8.08. The summed E-state index contributed by atoms with van der Waals surface area (Å²) >= 11 is 0. The van der Waals surface area contributed by atoms with Crippen molar-refractivity contribution in [2.24, 2.45) is 17.8 Å². The van der Waals surface area contributed by atoms with Crippen molar-refractivity contribution < 1.29 is 19.1 Å². The molecule has 0 aromatic rings. The van der Waals surface area contributed by atoms with E-state index in [1.54, 1.807) is 0 Å². The summed E-state index contributed by atoms with van der Waals surface area (Å²) in [5, 5.41) is 0. The molecule has 0 bridgehead atoms. The van der Waals surface area contributed by atoms with Crippen LogP contribution in [0.25, 0.3) is 0 Å². The largest absolute Gasteiger partial charge is 0.465 e. The van der Waals surface area contributed by atoms with E-state index >= 15 is 0 Å². The van der Waals surface area contributed by atoms with E-state index < -0.39 is 11.8 Å². The zero-order valence-electron chi connectivity index (χ0n) is 13.0. The van der Waals surface area contributed by atoms with Gasteiger partial charge in [0.15, 0.2) is 0 Å². The van der Waals surface area contributed by atoms with Crippen molar-refractivity contribution in [3.8, 4) is 0 Å². The lowest BCUT2D eigenvalue weighted by Crippen LogP contribution is -2.39. The Morgan fingerprint density at radius 2 is 1.70 bits per heavy atom. The van der Waals surface area contributed by atoms with Gasteiger partial charge in [0.25, 0.3) is 0 Å². The van der Waals surface area contributed by atoms with E-state index in [9.17, 15) is 9.59 Å². The molecule has 0 aromatic carbocycles. The maximum absolute atomic E-state index is 12.2. The summed E-state index contributed by atoms with van der Waals surface area (Å²) in [5.41, 5.74) is 1.14. The highest BCUT2D eigenvalue weighted by Gasteiger charge is 2.41. The first-order chi connectivity index (χ1) is 9.52. The Morgan fingerprint density at radius 3 is 2.25 bits per heavy atom.